The predicted octanol–water partition coefficient (Wildman–Crippen LogP) is 3.60. The van der Waals surface area contributed by atoms with Crippen LogP contribution in [0.4, 0.5) is 5.69 Å². The van der Waals surface area contributed by atoms with Crippen molar-refractivity contribution in [2.75, 3.05) is 24.5 Å². The number of nitrogens with two attached hydrogens (primary N) is 1. The summed E-state index contributed by atoms with van der Waals surface area (Å²) in [5.41, 5.74) is 8.62. The number of rotatable bonds is 7. The maximum Gasteiger partial charge on any atom is 0.241 e. The average molecular weight is 420 g/mol. The molecule has 1 atom stereocenters. The van der Waals surface area contributed by atoms with Crippen LogP contribution in [0.25, 0.3) is 0 Å². The highest BCUT2D eigenvalue weighted by atomic mass is 32.1. The normalized spacial score (nSPS) is 16.1. The quantitative estimate of drug-likeness (QED) is 0.636. The number of primary amides is 1. The largest absolute Gasteiger partial charge is 0.370 e. The molecule has 2 heterocycles. The number of hydrogen-bond donors (Lipinski definition) is 1. The van der Waals surface area contributed by atoms with Crippen LogP contribution in [0.15, 0.2) is 72.1 Å². The first-order valence-corrected chi connectivity index (χ1v) is 11.0. The molecule has 1 aromatic heterocycles. The lowest BCUT2D eigenvalue weighted by Crippen LogP contribution is -2.45. The summed E-state index contributed by atoms with van der Waals surface area (Å²) in [5.74, 6) is -0.436. The lowest BCUT2D eigenvalue weighted by Gasteiger charge is -2.37. The van der Waals surface area contributed by atoms with Crippen LogP contribution in [0.2, 0.25) is 0 Å². The number of carbonyl (C=O) groups excluding carboxylic acids is 2. The monoisotopic (exact) mass is 419 g/mol. The van der Waals surface area contributed by atoms with E-state index in [2.05, 4.69) is 28.5 Å². The number of para-hydroxylation sites is 1. The molecule has 0 bridgehead atoms. The lowest BCUT2D eigenvalue weighted by molar-refractivity contribution is -0.120. The fraction of sp³-hybridized carbons (Fsp3) is 0.250. The number of nitrogens with zero attached hydrogens (tertiary/aromatic N) is 2. The van der Waals surface area contributed by atoms with Gasteiger partial charge in [-0.05, 0) is 41.1 Å². The number of benzene rings is 2. The lowest BCUT2D eigenvalue weighted by atomic mass is 9.93. The fourth-order valence-electron chi connectivity index (χ4n) is 4.05. The molecule has 2 amide bonds. The third-order valence-corrected chi connectivity index (χ3v) is 6.47. The van der Waals surface area contributed by atoms with Crippen molar-refractivity contribution in [2.45, 2.75) is 18.9 Å². The third kappa shape index (κ3) is 4.45. The van der Waals surface area contributed by atoms with Gasteiger partial charge in [0.05, 0.1) is 12.6 Å². The van der Waals surface area contributed by atoms with Gasteiger partial charge in [0.2, 0.25) is 11.8 Å². The van der Waals surface area contributed by atoms with Gasteiger partial charge in [-0.25, -0.2) is 0 Å². The van der Waals surface area contributed by atoms with Gasteiger partial charge in [0.25, 0.3) is 0 Å². The van der Waals surface area contributed by atoms with Crippen LogP contribution in [0.1, 0.15) is 28.5 Å². The molecule has 2 aromatic carbocycles. The number of fused-ring (bicyclic) bond motifs is 1. The van der Waals surface area contributed by atoms with E-state index >= 15 is 0 Å². The van der Waals surface area contributed by atoms with Crippen LogP contribution in [0.5, 0.6) is 0 Å². The molecule has 1 aliphatic heterocycles. The summed E-state index contributed by atoms with van der Waals surface area (Å²) in [4.78, 5) is 30.1. The van der Waals surface area contributed by atoms with Crippen LogP contribution >= 0.6 is 11.3 Å². The van der Waals surface area contributed by atoms with Crippen LogP contribution in [0.3, 0.4) is 0 Å². The second-order valence-corrected chi connectivity index (χ2v) is 8.43. The molecule has 154 valence electrons. The zero-order valence-electron chi connectivity index (χ0n) is 16.7. The number of amides is 2. The van der Waals surface area contributed by atoms with Crippen molar-refractivity contribution < 1.29 is 9.59 Å². The molecule has 4 rings (SSSR count). The molecule has 2 N–H and O–H groups in total. The summed E-state index contributed by atoms with van der Waals surface area (Å²) >= 11 is 1.79. The highest BCUT2D eigenvalue weighted by Gasteiger charge is 2.32. The SMILES string of the molecule is NC(=O)CCN(C(=O)CN1CCc2sccc2C1c1ccccc1)c1ccccc1. The standard InChI is InChI=1S/C24H25N3O2S/c25-22(28)12-15-27(19-9-5-2-6-10-19)23(29)17-26-14-11-21-20(13-16-30-21)24(26)18-7-3-1-4-8-18/h1-10,13,16,24H,11-12,14-15,17H2,(H2,25,28). The molecule has 0 saturated carbocycles. The van der Waals surface area contributed by atoms with E-state index in [9.17, 15) is 9.59 Å². The van der Waals surface area contributed by atoms with Crippen molar-refractivity contribution >= 4 is 28.8 Å². The number of hydrogen-bond acceptors (Lipinski definition) is 4. The summed E-state index contributed by atoms with van der Waals surface area (Å²) in [5, 5.41) is 2.13. The summed E-state index contributed by atoms with van der Waals surface area (Å²) in [7, 11) is 0. The zero-order chi connectivity index (χ0) is 20.9. The first-order valence-electron chi connectivity index (χ1n) is 10.1. The highest BCUT2D eigenvalue weighted by Crippen LogP contribution is 2.37. The van der Waals surface area contributed by atoms with Gasteiger partial charge in [-0.15, -0.1) is 11.3 Å². The van der Waals surface area contributed by atoms with Crippen LogP contribution in [-0.4, -0.2) is 36.3 Å². The van der Waals surface area contributed by atoms with Gasteiger partial charge in [0, 0.05) is 30.1 Å². The first kappa shape index (κ1) is 20.3. The zero-order valence-corrected chi connectivity index (χ0v) is 17.6. The summed E-state index contributed by atoms with van der Waals surface area (Å²) < 4.78 is 0. The molecule has 30 heavy (non-hydrogen) atoms. The Hall–Kier alpha value is -2.96. The highest BCUT2D eigenvalue weighted by molar-refractivity contribution is 7.10. The molecule has 5 nitrogen and oxygen atoms in total. The van der Waals surface area contributed by atoms with Gasteiger partial charge in [0.15, 0.2) is 0 Å². The van der Waals surface area contributed by atoms with E-state index in [0.717, 1.165) is 18.7 Å². The van der Waals surface area contributed by atoms with Gasteiger partial charge in [-0.1, -0.05) is 48.5 Å². The molecule has 1 unspecified atom stereocenters. The van der Waals surface area contributed by atoms with Gasteiger partial charge < -0.3 is 10.6 Å². The van der Waals surface area contributed by atoms with E-state index in [1.165, 1.54) is 16.0 Å². The minimum atomic E-state index is -0.410. The Morgan fingerprint density at radius 2 is 1.73 bits per heavy atom. The van der Waals surface area contributed by atoms with Crippen molar-refractivity contribution in [2.24, 2.45) is 5.73 Å². The predicted molar refractivity (Wildman–Crippen MR) is 120 cm³/mol. The second-order valence-electron chi connectivity index (χ2n) is 7.43. The van der Waals surface area contributed by atoms with E-state index in [4.69, 9.17) is 5.73 Å². The summed E-state index contributed by atoms with van der Waals surface area (Å²) in [6, 6.07) is 22.0. The molecule has 6 heteroatoms. The minimum Gasteiger partial charge on any atom is -0.370 e. The smallest absolute Gasteiger partial charge is 0.241 e. The fourth-order valence-corrected chi connectivity index (χ4v) is 4.95. The Kier molecular flexibility index (Phi) is 6.26. The molecule has 0 spiro atoms. The van der Waals surface area contributed by atoms with Gasteiger partial charge in [-0.2, -0.15) is 0 Å². The summed E-state index contributed by atoms with van der Waals surface area (Å²) in [6.45, 7) is 1.38. The molecule has 0 saturated heterocycles. The Morgan fingerprint density at radius 1 is 1.03 bits per heavy atom. The maximum atomic E-state index is 13.4. The molecule has 3 aromatic rings. The number of carbonyl (C=O) groups is 2. The third-order valence-electron chi connectivity index (χ3n) is 5.47. The van der Waals surface area contributed by atoms with Crippen molar-refractivity contribution in [3.8, 4) is 0 Å². The average Bonchev–Trinajstić information content (AvgIpc) is 3.24. The van der Waals surface area contributed by atoms with E-state index in [0.29, 0.717) is 0 Å². The van der Waals surface area contributed by atoms with Crippen molar-refractivity contribution in [3.63, 3.8) is 0 Å². The molecular formula is C24H25N3O2S. The van der Waals surface area contributed by atoms with Gasteiger partial charge in [0.1, 0.15) is 0 Å². The molecule has 0 radical (unpaired) electrons. The van der Waals surface area contributed by atoms with E-state index < -0.39 is 5.91 Å². The Bertz CT molecular complexity index is 1000. The molecule has 0 fully saturated rings. The Labute approximate surface area is 180 Å². The topological polar surface area (TPSA) is 66.6 Å². The molecule has 1 aliphatic rings. The number of anilines is 1. The minimum absolute atomic E-state index is 0.0259. The van der Waals surface area contributed by atoms with Crippen LogP contribution in [0, 0.1) is 0 Å². The second kappa shape index (κ2) is 9.24. The Balaban J connectivity index is 1.60. The maximum absolute atomic E-state index is 13.4. The summed E-state index contributed by atoms with van der Waals surface area (Å²) in [6.07, 6.45) is 1.08. The molecule has 0 aliphatic carbocycles. The van der Waals surface area contributed by atoms with E-state index in [1.54, 1.807) is 16.2 Å². The van der Waals surface area contributed by atoms with Crippen molar-refractivity contribution in [1.29, 1.82) is 0 Å². The van der Waals surface area contributed by atoms with Gasteiger partial charge >= 0.3 is 0 Å². The van der Waals surface area contributed by atoms with Crippen LogP contribution < -0.4 is 10.6 Å². The first-order chi connectivity index (χ1) is 14.6. The van der Waals surface area contributed by atoms with Crippen molar-refractivity contribution in [1.82, 2.24) is 4.90 Å². The van der Waals surface area contributed by atoms with E-state index in [-0.39, 0.29) is 31.5 Å². The Morgan fingerprint density at radius 3 is 2.43 bits per heavy atom. The van der Waals surface area contributed by atoms with Crippen molar-refractivity contribution in [3.05, 3.63) is 88.1 Å². The van der Waals surface area contributed by atoms with Crippen LogP contribution in [-0.2, 0) is 16.0 Å². The van der Waals surface area contributed by atoms with Gasteiger partial charge in [-0.3, -0.25) is 14.5 Å². The molecular weight excluding hydrogens is 394 g/mol. The van der Waals surface area contributed by atoms with E-state index in [1.807, 2.05) is 48.5 Å². The number of thiophene rings is 1.